The van der Waals surface area contributed by atoms with Crippen molar-refractivity contribution >= 4 is 58.7 Å². The number of halogens is 3. The summed E-state index contributed by atoms with van der Waals surface area (Å²) in [4.78, 5) is 47.7. The van der Waals surface area contributed by atoms with E-state index in [0.29, 0.717) is 19.3 Å². The number of alkyl halides is 3. The van der Waals surface area contributed by atoms with Crippen molar-refractivity contribution in [3.63, 3.8) is 0 Å². The summed E-state index contributed by atoms with van der Waals surface area (Å²) < 4.78 is 16.4. The minimum atomic E-state index is -1.41. The molecule has 0 aliphatic heterocycles. The summed E-state index contributed by atoms with van der Waals surface area (Å²) in [7, 11) is 0. The maximum absolute atomic E-state index is 12.4. The summed E-state index contributed by atoms with van der Waals surface area (Å²) in [5.41, 5.74) is -0.323. The first kappa shape index (κ1) is 37.6. The number of ether oxygens (including phenoxy) is 3. The standard InChI is InChI=1S/C28H37Cl3O8.K/c1-18-4-7-21-27(2,20(18)6-5-19(26(35)36)11-15-37-25(34)16-31)12-8-22(39-24(33)10-14-30)28(21,3)17-38-23(32)9-13-29;/h5-6,11,20-22H,1,4,7-10,12-17H2,2-3H3,(H,35,36);/q;+1/p-1/b6-5+,19-11+;/t20-,21?,22-,27+,28+;/m1./s1. The van der Waals surface area contributed by atoms with Gasteiger partial charge in [-0.1, -0.05) is 38.2 Å². The van der Waals surface area contributed by atoms with Gasteiger partial charge in [-0.15, -0.1) is 34.8 Å². The predicted molar refractivity (Wildman–Crippen MR) is 146 cm³/mol. The van der Waals surface area contributed by atoms with Gasteiger partial charge in [0.05, 0.1) is 18.8 Å². The van der Waals surface area contributed by atoms with Crippen molar-refractivity contribution in [2.24, 2.45) is 22.7 Å². The first-order chi connectivity index (χ1) is 18.4. The maximum atomic E-state index is 12.4. The Hall–Kier alpha value is -0.394. The number of carbonyl (C=O) groups excluding carboxylic acids is 4. The van der Waals surface area contributed by atoms with Crippen LogP contribution in [0.1, 0.15) is 52.4 Å². The number of allylic oxidation sites excluding steroid dienone is 2. The largest absolute Gasteiger partial charge is 1.00 e. The first-order valence-electron chi connectivity index (χ1n) is 12.9. The van der Waals surface area contributed by atoms with Crippen molar-refractivity contribution < 1.29 is 89.9 Å². The van der Waals surface area contributed by atoms with Crippen LogP contribution < -0.4 is 56.5 Å². The van der Waals surface area contributed by atoms with E-state index in [1.54, 1.807) is 6.08 Å². The molecular weight excluding hydrogens is 610 g/mol. The van der Waals surface area contributed by atoms with E-state index in [9.17, 15) is 24.3 Å². The second-order valence-corrected chi connectivity index (χ2v) is 11.4. The van der Waals surface area contributed by atoms with Crippen molar-refractivity contribution in [1.29, 1.82) is 0 Å². The van der Waals surface area contributed by atoms with E-state index in [1.807, 2.05) is 6.92 Å². The second kappa shape index (κ2) is 17.7. The van der Waals surface area contributed by atoms with Gasteiger partial charge in [0.25, 0.3) is 0 Å². The van der Waals surface area contributed by atoms with Gasteiger partial charge in [-0.3, -0.25) is 14.4 Å². The van der Waals surface area contributed by atoms with Gasteiger partial charge >= 0.3 is 69.3 Å². The monoisotopic (exact) mass is 644 g/mol. The van der Waals surface area contributed by atoms with Gasteiger partial charge in [-0.25, -0.2) is 0 Å². The van der Waals surface area contributed by atoms with Gasteiger partial charge in [0.1, 0.15) is 25.2 Å². The molecule has 5 atom stereocenters. The van der Waals surface area contributed by atoms with E-state index in [4.69, 9.17) is 49.0 Å². The zero-order chi connectivity index (χ0) is 29.2. The zero-order valence-corrected chi connectivity index (χ0v) is 28.7. The van der Waals surface area contributed by atoms with E-state index in [0.717, 1.165) is 12.0 Å². The van der Waals surface area contributed by atoms with Crippen LogP contribution in [0, 0.1) is 22.7 Å². The Morgan fingerprint density at radius 3 is 2.27 bits per heavy atom. The van der Waals surface area contributed by atoms with Crippen molar-refractivity contribution in [2.75, 3.05) is 30.9 Å². The Morgan fingerprint density at radius 2 is 1.68 bits per heavy atom. The van der Waals surface area contributed by atoms with Gasteiger partial charge in [-0.05, 0) is 48.7 Å². The summed E-state index contributed by atoms with van der Waals surface area (Å²) in [5.74, 6) is -3.27. The number of carboxylic acid groups (broad SMARTS) is 1. The molecule has 1 unspecified atom stereocenters. The number of hydrogen-bond acceptors (Lipinski definition) is 8. The molecule has 2 rings (SSSR count). The second-order valence-electron chi connectivity index (χ2n) is 10.4. The molecule has 40 heavy (non-hydrogen) atoms. The van der Waals surface area contributed by atoms with Crippen LogP contribution >= 0.6 is 34.8 Å². The molecule has 8 nitrogen and oxygen atoms in total. The number of aliphatic carboxylic acids is 1. The number of carboxylic acids is 1. The minimum absolute atomic E-state index is 0. The fourth-order valence-corrected chi connectivity index (χ4v) is 6.40. The smallest absolute Gasteiger partial charge is 0.545 e. The fraction of sp³-hybridized carbons (Fsp3) is 0.643. The maximum Gasteiger partial charge on any atom is 1.00 e. The molecule has 2 aliphatic carbocycles. The van der Waals surface area contributed by atoms with Crippen LogP contribution in [0.5, 0.6) is 0 Å². The molecule has 2 aliphatic rings. The number of rotatable bonds is 13. The van der Waals surface area contributed by atoms with Gasteiger partial charge in [0.15, 0.2) is 0 Å². The minimum Gasteiger partial charge on any atom is -0.545 e. The number of hydrogen-bond donors (Lipinski definition) is 0. The Bertz CT molecular complexity index is 1000. The van der Waals surface area contributed by atoms with Gasteiger partial charge in [0.2, 0.25) is 0 Å². The molecule has 0 spiro atoms. The molecule has 0 N–H and O–H groups in total. The number of carbonyl (C=O) groups is 4. The molecular formula is C28H36Cl3KO8. The molecule has 0 bridgehead atoms. The molecule has 0 saturated heterocycles. The van der Waals surface area contributed by atoms with Crippen LogP contribution in [-0.4, -0.2) is 60.8 Å². The predicted octanol–water partition coefficient (Wildman–Crippen LogP) is 1.11. The van der Waals surface area contributed by atoms with Crippen molar-refractivity contribution in [3.05, 3.63) is 36.0 Å². The third kappa shape index (κ3) is 9.83. The third-order valence-corrected chi connectivity index (χ3v) is 8.55. The normalized spacial score (nSPS) is 28.3. The first-order valence-corrected chi connectivity index (χ1v) is 14.5. The Kier molecular flexibility index (Phi) is 16.6. The van der Waals surface area contributed by atoms with E-state index in [2.05, 4.69) is 13.5 Å². The molecule has 0 radical (unpaired) electrons. The molecule has 12 heteroatoms. The molecule has 0 aromatic rings. The SMILES string of the molecule is C=C1CCC2[C@](C)(COC(=O)CCCl)[C@H](OC(=O)CCCl)CC[C@@]2(C)[C@@H]1/C=C/C(=C\COC(=O)CCl)C(=O)[O-].[K+]. The van der Waals surface area contributed by atoms with Crippen LogP contribution in [0.15, 0.2) is 36.0 Å². The van der Waals surface area contributed by atoms with E-state index in [1.165, 1.54) is 12.2 Å². The quantitative estimate of drug-likeness (QED) is 0.0556. The summed E-state index contributed by atoms with van der Waals surface area (Å²) in [6.45, 7) is 8.13. The molecule has 2 fully saturated rings. The van der Waals surface area contributed by atoms with Crippen LogP contribution in [0.3, 0.4) is 0 Å². The summed E-state index contributed by atoms with van der Waals surface area (Å²) in [5, 5.41) is 11.7. The topological polar surface area (TPSA) is 119 Å². The van der Waals surface area contributed by atoms with Gasteiger partial charge < -0.3 is 24.1 Å². The Balaban J connectivity index is 0.00000800. The van der Waals surface area contributed by atoms with Crippen LogP contribution in [0.2, 0.25) is 0 Å². The van der Waals surface area contributed by atoms with Crippen molar-refractivity contribution in [2.45, 2.75) is 58.5 Å². The van der Waals surface area contributed by atoms with Crippen LogP contribution in [0.25, 0.3) is 0 Å². The molecule has 0 aromatic heterocycles. The van der Waals surface area contributed by atoms with Crippen LogP contribution in [-0.2, 0) is 33.4 Å². The third-order valence-electron chi connectivity index (χ3n) is 7.95. The van der Waals surface area contributed by atoms with Crippen LogP contribution in [0.4, 0.5) is 0 Å². The molecule has 0 amide bonds. The average molecular weight is 646 g/mol. The fourth-order valence-electron chi connectivity index (χ4n) is 6.01. The van der Waals surface area contributed by atoms with Gasteiger partial charge in [0, 0.05) is 23.1 Å². The Labute approximate surface area is 293 Å². The van der Waals surface area contributed by atoms with E-state index < -0.39 is 40.8 Å². The average Bonchev–Trinajstić information content (AvgIpc) is 2.88. The number of fused-ring (bicyclic) bond motifs is 1. The van der Waals surface area contributed by atoms with E-state index in [-0.39, 0.29) is 112 Å². The summed E-state index contributed by atoms with van der Waals surface area (Å²) in [6.07, 6.45) is 6.67. The van der Waals surface area contributed by atoms with Crippen molar-refractivity contribution in [1.82, 2.24) is 0 Å². The molecule has 218 valence electrons. The Morgan fingerprint density at radius 1 is 1.02 bits per heavy atom. The molecule has 0 aromatic carbocycles. The molecule has 2 saturated carbocycles. The van der Waals surface area contributed by atoms with E-state index >= 15 is 0 Å². The van der Waals surface area contributed by atoms with Crippen molar-refractivity contribution in [3.8, 4) is 0 Å². The number of esters is 3. The summed E-state index contributed by atoms with van der Waals surface area (Å²) in [6, 6.07) is 0. The summed E-state index contributed by atoms with van der Waals surface area (Å²) >= 11 is 16.9. The zero-order valence-electron chi connectivity index (χ0n) is 23.3. The molecule has 0 heterocycles. The van der Waals surface area contributed by atoms with Gasteiger partial charge in [-0.2, -0.15) is 0 Å².